The van der Waals surface area contributed by atoms with Crippen LogP contribution >= 0.6 is 0 Å². The molecule has 170 valence electrons. The van der Waals surface area contributed by atoms with Crippen LogP contribution in [0.3, 0.4) is 0 Å². The molecule has 4 aromatic rings. The first kappa shape index (κ1) is 23.1. The zero-order chi connectivity index (χ0) is 23.8. The van der Waals surface area contributed by atoms with E-state index in [9.17, 15) is 0 Å². The van der Waals surface area contributed by atoms with Crippen LogP contribution in [0.15, 0.2) is 84.9 Å². The number of hydrogen-bond donors (Lipinski definition) is 0. The average Bonchev–Trinajstić information content (AvgIpc) is 2.78. The smallest absolute Gasteiger partial charge is 0.126 e. The molecule has 0 N–H and O–H groups in total. The van der Waals surface area contributed by atoms with E-state index in [1.807, 2.05) is 0 Å². The second kappa shape index (κ2) is 8.71. The Morgan fingerprint density at radius 2 is 1.09 bits per heavy atom. The lowest BCUT2D eigenvalue weighted by atomic mass is 9.75. The molecular formula is C32H36O. The normalized spacial score (nSPS) is 13.2. The van der Waals surface area contributed by atoms with Crippen molar-refractivity contribution in [1.82, 2.24) is 0 Å². The van der Waals surface area contributed by atoms with Crippen molar-refractivity contribution < 1.29 is 4.74 Å². The third-order valence-corrected chi connectivity index (χ3v) is 6.50. The zero-order valence-electron chi connectivity index (χ0n) is 21.1. The van der Waals surface area contributed by atoms with E-state index in [1.54, 1.807) is 7.11 Å². The first-order valence-corrected chi connectivity index (χ1v) is 11.9. The maximum atomic E-state index is 6.03. The number of hydrogen-bond acceptors (Lipinski definition) is 1. The first-order valence-electron chi connectivity index (χ1n) is 11.9. The van der Waals surface area contributed by atoms with Gasteiger partial charge in [0, 0.05) is 17.0 Å². The molecule has 0 heterocycles. The molecule has 4 rings (SSSR count). The minimum absolute atomic E-state index is 0.0357. The summed E-state index contributed by atoms with van der Waals surface area (Å²) in [5.74, 6) is 1.16. The van der Waals surface area contributed by atoms with Gasteiger partial charge in [-0.3, -0.25) is 0 Å². The van der Waals surface area contributed by atoms with Gasteiger partial charge in [-0.05, 0) is 38.3 Å². The Morgan fingerprint density at radius 1 is 0.545 bits per heavy atom. The van der Waals surface area contributed by atoms with Gasteiger partial charge in [-0.1, -0.05) is 126 Å². The molecule has 0 aliphatic carbocycles. The molecule has 0 aromatic heterocycles. The van der Waals surface area contributed by atoms with Crippen LogP contribution in [-0.4, -0.2) is 7.11 Å². The van der Waals surface area contributed by atoms with Gasteiger partial charge in [0.15, 0.2) is 0 Å². The van der Waals surface area contributed by atoms with Crippen molar-refractivity contribution in [3.8, 4) is 5.75 Å². The highest BCUT2D eigenvalue weighted by Crippen LogP contribution is 2.44. The van der Waals surface area contributed by atoms with Gasteiger partial charge >= 0.3 is 0 Å². The molecular weight excluding hydrogens is 400 g/mol. The number of methoxy groups -OCH3 is 1. The topological polar surface area (TPSA) is 9.23 Å². The Balaban J connectivity index is 2.03. The molecule has 0 saturated carbocycles. The monoisotopic (exact) mass is 436 g/mol. The average molecular weight is 437 g/mol. The third kappa shape index (κ3) is 4.69. The van der Waals surface area contributed by atoms with Crippen molar-refractivity contribution >= 4 is 10.8 Å². The van der Waals surface area contributed by atoms with E-state index in [4.69, 9.17) is 4.74 Å². The van der Waals surface area contributed by atoms with Gasteiger partial charge < -0.3 is 4.74 Å². The Bertz CT molecular complexity index is 1220. The fourth-order valence-electron chi connectivity index (χ4n) is 4.76. The lowest BCUT2D eigenvalue weighted by molar-refractivity contribution is 0.381. The van der Waals surface area contributed by atoms with Crippen molar-refractivity contribution in [1.29, 1.82) is 0 Å². The highest BCUT2D eigenvalue weighted by molar-refractivity contribution is 5.83. The van der Waals surface area contributed by atoms with Crippen LogP contribution in [0, 0.1) is 0 Å². The van der Waals surface area contributed by atoms with Crippen LogP contribution in [-0.2, 0) is 10.8 Å². The van der Waals surface area contributed by atoms with E-state index < -0.39 is 0 Å². The van der Waals surface area contributed by atoms with Gasteiger partial charge in [-0.15, -0.1) is 0 Å². The molecule has 0 unspecified atom stereocenters. The Morgan fingerprint density at radius 3 is 1.64 bits per heavy atom. The van der Waals surface area contributed by atoms with E-state index in [-0.39, 0.29) is 16.7 Å². The van der Waals surface area contributed by atoms with Crippen LogP contribution in [0.4, 0.5) is 0 Å². The molecule has 1 nitrogen and oxygen atoms in total. The summed E-state index contributed by atoms with van der Waals surface area (Å²) in [5, 5.41) is 2.55. The van der Waals surface area contributed by atoms with Gasteiger partial charge in [0.05, 0.1) is 7.11 Å². The predicted octanol–water partition coefficient (Wildman–Crippen LogP) is 8.62. The van der Waals surface area contributed by atoms with Crippen molar-refractivity contribution in [3.05, 3.63) is 113 Å². The van der Waals surface area contributed by atoms with Gasteiger partial charge in [0.1, 0.15) is 5.75 Å². The highest BCUT2D eigenvalue weighted by Gasteiger charge is 2.30. The third-order valence-electron chi connectivity index (χ3n) is 6.50. The highest BCUT2D eigenvalue weighted by atomic mass is 16.5. The van der Waals surface area contributed by atoms with Crippen molar-refractivity contribution in [3.63, 3.8) is 0 Å². The van der Waals surface area contributed by atoms with Crippen molar-refractivity contribution in [2.45, 2.75) is 58.3 Å². The zero-order valence-corrected chi connectivity index (χ0v) is 21.1. The van der Waals surface area contributed by atoms with Gasteiger partial charge in [-0.25, -0.2) is 0 Å². The van der Waals surface area contributed by atoms with Gasteiger partial charge in [-0.2, -0.15) is 0 Å². The Kier molecular flexibility index (Phi) is 6.10. The number of benzene rings is 4. The fraction of sp³-hybridized carbons (Fsp3) is 0.312. The molecule has 0 aliphatic heterocycles. The fourth-order valence-corrected chi connectivity index (χ4v) is 4.76. The molecule has 33 heavy (non-hydrogen) atoms. The largest absolute Gasteiger partial charge is 0.496 e. The summed E-state index contributed by atoms with van der Waals surface area (Å²) in [7, 11) is 1.80. The van der Waals surface area contributed by atoms with Gasteiger partial charge in [0.2, 0.25) is 0 Å². The summed E-state index contributed by atoms with van der Waals surface area (Å²) < 4.78 is 6.03. The van der Waals surface area contributed by atoms with E-state index in [2.05, 4.69) is 126 Å². The minimum Gasteiger partial charge on any atom is -0.496 e. The number of ether oxygens (including phenoxy) is 1. The van der Waals surface area contributed by atoms with Crippen molar-refractivity contribution in [2.24, 2.45) is 0 Å². The number of fused-ring (bicyclic) bond motifs is 1. The predicted molar refractivity (Wildman–Crippen MR) is 142 cm³/mol. The van der Waals surface area contributed by atoms with E-state index in [0.29, 0.717) is 0 Å². The summed E-state index contributed by atoms with van der Waals surface area (Å²) in [6, 6.07) is 31.1. The lowest BCUT2D eigenvalue weighted by Gasteiger charge is -2.32. The first-order chi connectivity index (χ1) is 15.6. The molecule has 4 aromatic carbocycles. The summed E-state index contributed by atoms with van der Waals surface area (Å²) in [6.45, 7) is 13.6. The van der Waals surface area contributed by atoms with E-state index in [1.165, 1.54) is 38.6 Å². The van der Waals surface area contributed by atoms with Gasteiger partial charge in [0.25, 0.3) is 0 Å². The maximum Gasteiger partial charge on any atom is 0.126 e. The van der Waals surface area contributed by atoms with Crippen LogP contribution in [0.25, 0.3) is 10.8 Å². The molecule has 0 saturated heterocycles. The summed E-state index contributed by atoms with van der Waals surface area (Å²) >= 11 is 0. The van der Waals surface area contributed by atoms with E-state index >= 15 is 0 Å². The standard InChI is InChI=1S/C32H36O/c1-31(2,3)27-20-26(21-28(30(27)33-7)32(4,5)6)29(23-14-9-8-10-15-23)25-18-17-22-13-11-12-16-24(22)19-25/h8-21,29H,1-7H3/t29-/m0/s1. The summed E-state index contributed by atoms with van der Waals surface area (Å²) in [5.41, 5.74) is 6.37. The summed E-state index contributed by atoms with van der Waals surface area (Å²) in [4.78, 5) is 0. The van der Waals surface area contributed by atoms with Crippen molar-refractivity contribution in [2.75, 3.05) is 7.11 Å². The molecule has 0 radical (unpaired) electrons. The molecule has 0 bridgehead atoms. The summed E-state index contributed by atoms with van der Waals surface area (Å²) in [6.07, 6.45) is 0. The van der Waals surface area contributed by atoms with Crippen LogP contribution in [0.5, 0.6) is 5.75 Å². The number of rotatable bonds is 4. The van der Waals surface area contributed by atoms with Crippen LogP contribution in [0.1, 0.15) is 75.3 Å². The molecule has 0 amide bonds. The molecule has 0 aliphatic rings. The lowest BCUT2D eigenvalue weighted by Crippen LogP contribution is -2.20. The molecule has 0 fully saturated rings. The minimum atomic E-state index is -0.0357. The Labute approximate surface area is 199 Å². The van der Waals surface area contributed by atoms with Crippen LogP contribution in [0.2, 0.25) is 0 Å². The SMILES string of the molecule is COc1c(C(C)(C)C)cc([C@@H](c2ccccc2)c2ccc3ccccc3c2)cc1C(C)(C)C. The second-order valence-corrected chi connectivity index (χ2v) is 11.1. The second-order valence-electron chi connectivity index (χ2n) is 11.1. The Hall–Kier alpha value is -3.06. The molecule has 1 heteroatoms. The quantitative estimate of drug-likeness (QED) is 0.291. The van der Waals surface area contributed by atoms with Crippen LogP contribution < -0.4 is 4.74 Å². The maximum absolute atomic E-state index is 6.03. The molecule has 0 spiro atoms. The van der Waals surface area contributed by atoms with E-state index in [0.717, 1.165) is 5.75 Å². The molecule has 1 atom stereocenters.